The fraction of sp³-hybridized carbons (Fsp3) is 0.714. The van der Waals surface area contributed by atoms with E-state index in [9.17, 15) is 44.7 Å². The van der Waals surface area contributed by atoms with E-state index in [1.165, 1.54) is 0 Å². The van der Waals surface area contributed by atoms with Crippen LogP contribution in [0.1, 0.15) is 27.7 Å². The zero-order valence-electron chi connectivity index (χ0n) is 13.6. The van der Waals surface area contributed by atoms with Gasteiger partial charge in [0.15, 0.2) is 28.7 Å². The van der Waals surface area contributed by atoms with Gasteiger partial charge in [0.25, 0.3) is 5.79 Å². The van der Waals surface area contributed by atoms with Gasteiger partial charge in [0.2, 0.25) is 11.2 Å². The van der Waals surface area contributed by atoms with Gasteiger partial charge in [-0.25, -0.2) is 0 Å². The Labute approximate surface area is 136 Å². The van der Waals surface area contributed by atoms with E-state index >= 15 is 0 Å². The molecule has 0 bridgehead atoms. The van der Waals surface area contributed by atoms with E-state index < -0.39 is 58.4 Å². The first-order valence-electron chi connectivity index (χ1n) is 6.91. The molecule has 5 N–H and O–H groups in total. The van der Waals surface area contributed by atoms with Crippen LogP contribution in [-0.2, 0) is 23.9 Å². The number of aliphatic hydroxyl groups is 5. The topological polar surface area (TPSA) is 179 Å². The zero-order chi connectivity index (χ0) is 19.3. The summed E-state index contributed by atoms with van der Waals surface area (Å²) < 4.78 is 4.79. The quantitative estimate of drug-likeness (QED) is 0.336. The molecular formula is C14H20O10. The molecule has 1 fully saturated rings. The molecule has 24 heavy (non-hydrogen) atoms. The fourth-order valence-corrected chi connectivity index (χ4v) is 3.14. The van der Waals surface area contributed by atoms with Crippen LogP contribution in [0.5, 0.6) is 0 Å². The lowest BCUT2D eigenvalue weighted by Gasteiger charge is -2.59. The van der Waals surface area contributed by atoms with Crippen molar-refractivity contribution in [1.29, 1.82) is 0 Å². The van der Waals surface area contributed by atoms with E-state index in [2.05, 4.69) is 0 Å². The third-order valence-electron chi connectivity index (χ3n) is 4.54. The molecule has 5 atom stereocenters. The smallest absolute Gasteiger partial charge is 0.267 e. The SMILES string of the molecule is CC(=O)[C@@]1(O)[C@@](O)(C(C)=O)[C@@](O)(C(C)=O)O[C@H](CO)[C@@]1(O)C(C)=O. The number of hydrogen-bond acceptors (Lipinski definition) is 10. The molecule has 10 heteroatoms. The maximum atomic E-state index is 12.1. The van der Waals surface area contributed by atoms with Gasteiger partial charge in [-0.1, -0.05) is 0 Å². The van der Waals surface area contributed by atoms with Crippen LogP contribution in [0.15, 0.2) is 0 Å². The second-order valence-electron chi connectivity index (χ2n) is 5.85. The lowest BCUT2D eigenvalue weighted by Crippen LogP contribution is -2.90. The molecule has 1 saturated heterocycles. The molecule has 0 spiro atoms. The second-order valence-corrected chi connectivity index (χ2v) is 5.85. The first kappa shape index (κ1) is 20.5. The van der Waals surface area contributed by atoms with Crippen LogP contribution < -0.4 is 0 Å². The number of carbonyl (C=O) groups is 4. The Hall–Kier alpha value is -1.56. The van der Waals surface area contributed by atoms with Gasteiger partial charge in [-0.2, -0.15) is 0 Å². The molecule has 0 unspecified atom stereocenters. The van der Waals surface area contributed by atoms with Crippen LogP contribution >= 0.6 is 0 Å². The summed E-state index contributed by atoms with van der Waals surface area (Å²) in [6, 6.07) is 0. The lowest BCUT2D eigenvalue weighted by molar-refractivity contribution is -0.390. The monoisotopic (exact) mass is 348 g/mol. The summed E-state index contributed by atoms with van der Waals surface area (Å²) in [5.41, 5.74) is -10.7. The number of ketones is 4. The van der Waals surface area contributed by atoms with Crippen molar-refractivity contribution >= 4 is 23.1 Å². The van der Waals surface area contributed by atoms with E-state index in [0.717, 1.165) is 0 Å². The van der Waals surface area contributed by atoms with Gasteiger partial charge in [0.1, 0.15) is 6.10 Å². The van der Waals surface area contributed by atoms with E-state index in [-0.39, 0.29) is 0 Å². The summed E-state index contributed by atoms with van der Waals surface area (Å²) >= 11 is 0. The minimum absolute atomic E-state index is 0.616. The summed E-state index contributed by atoms with van der Waals surface area (Å²) in [6.07, 6.45) is -2.18. The molecule has 10 nitrogen and oxygen atoms in total. The van der Waals surface area contributed by atoms with E-state index in [4.69, 9.17) is 4.74 Å². The number of rotatable bonds is 5. The van der Waals surface area contributed by atoms with Crippen molar-refractivity contribution in [2.75, 3.05) is 6.61 Å². The number of aliphatic hydroxyl groups excluding tert-OH is 1. The average molecular weight is 348 g/mol. The predicted octanol–water partition coefficient (Wildman–Crippen LogP) is -3.38. The van der Waals surface area contributed by atoms with Crippen molar-refractivity contribution in [3.8, 4) is 0 Å². The minimum atomic E-state index is -3.70. The Morgan fingerprint density at radius 3 is 1.46 bits per heavy atom. The van der Waals surface area contributed by atoms with Crippen molar-refractivity contribution in [3.05, 3.63) is 0 Å². The number of carbonyl (C=O) groups excluding carboxylic acids is 4. The highest BCUT2D eigenvalue weighted by molar-refractivity contribution is 6.08. The third-order valence-corrected chi connectivity index (χ3v) is 4.54. The molecule has 0 saturated carbocycles. The van der Waals surface area contributed by atoms with Crippen LogP contribution in [-0.4, -0.2) is 84.0 Å². The average Bonchev–Trinajstić information content (AvgIpc) is 2.47. The zero-order valence-corrected chi connectivity index (χ0v) is 13.6. The van der Waals surface area contributed by atoms with Gasteiger partial charge in [0.05, 0.1) is 6.61 Å². The molecule has 1 heterocycles. The van der Waals surface area contributed by atoms with Gasteiger partial charge < -0.3 is 30.3 Å². The van der Waals surface area contributed by atoms with Crippen LogP contribution in [0.3, 0.4) is 0 Å². The van der Waals surface area contributed by atoms with Crippen LogP contribution in [0, 0.1) is 0 Å². The Morgan fingerprint density at radius 2 is 1.21 bits per heavy atom. The molecule has 0 aromatic carbocycles. The Kier molecular flexibility index (Phi) is 4.92. The third kappa shape index (κ3) is 1.98. The molecule has 0 amide bonds. The highest BCUT2D eigenvalue weighted by Crippen LogP contribution is 2.50. The van der Waals surface area contributed by atoms with Crippen molar-refractivity contribution in [3.63, 3.8) is 0 Å². The Balaban J connectivity index is 4.05. The van der Waals surface area contributed by atoms with Crippen LogP contribution in [0.4, 0.5) is 0 Å². The summed E-state index contributed by atoms with van der Waals surface area (Å²) in [6.45, 7) is 1.40. The highest BCUT2D eigenvalue weighted by atomic mass is 16.7. The largest absolute Gasteiger partial charge is 0.394 e. The van der Waals surface area contributed by atoms with Crippen molar-refractivity contribution < 1.29 is 49.4 Å². The molecule has 0 aromatic heterocycles. The molecule has 1 rings (SSSR count). The summed E-state index contributed by atoms with van der Waals surface area (Å²) in [4.78, 5) is 47.9. The molecule has 0 aliphatic carbocycles. The maximum Gasteiger partial charge on any atom is 0.267 e. The summed E-state index contributed by atoms with van der Waals surface area (Å²) in [7, 11) is 0. The molecular weight excluding hydrogens is 328 g/mol. The molecule has 0 radical (unpaired) electrons. The van der Waals surface area contributed by atoms with E-state index in [1.807, 2.05) is 0 Å². The van der Waals surface area contributed by atoms with Gasteiger partial charge >= 0.3 is 0 Å². The molecule has 0 aromatic rings. The van der Waals surface area contributed by atoms with Crippen LogP contribution in [0.2, 0.25) is 0 Å². The molecule has 1 aliphatic heterocycles. The van der Waals surface area contributed by atoms with E-state index in [1.54, 1.807) is 0 Å². The first-order valence-corrected chi connectivity index (χ1v) is 6.91. The van der Waals surface area contributed by atoms with Crippen molar-refractivity contribution in [1.82, 2.24) is 0 Å². The number of Topliss-reactive ketones (excluding diaryl/α,β-unsaturated/α-hetero) is 4. The Morgan fingerprint density at radius 1 is 0.792 bits per heavy atom. The van der Waals surface area contributed by atoms with Crippen LogP contribution in [0.25, 0.3) is 0 Å². The lowest BCUT2D eigenvalue weighted by atomic mass is 9.57. The predicted molar refractivity (Wildman–Crippen MR) is 74.5 cm³/mol. The molecule has 136 valence electrons. The van der Waals surface area contributed by atoms with Gasteiger partial charge in [0, 0.05) is 6.92 Å². The second kappa shape index (κ2) is 5.76. The van der Waals surface area contributed by atoms with Crippen molar-refractivity contribution in [2.45, 2.75) is 56.4 Å². The molecule has 1 aliphatic rings. The van der Waals surface area contributed by atoms with E-state index in [0.29, 0.717) is 27.7 Å². The highest BCUT2D eigenvalue weighted by Gasteiger charge is 2.83. The standard InChI is InChI=1S/C14H20O10/c1-6(16)11(20)10(5-15)24-14(23,9(4)19)13(22,8(3)18)12(11,21)7(2)17/h10,15,20-23H,5H2,1-4H3/t10-,11+,12+,13+,14-/m1/s1. The number of hydrogen-bond donors (Lipinski definition) is 5. The maximum absolute atomic E-state index is 12.1. The summed E-state index contributed by atoms with van der Waals surface area (Å²) in [5, 5.41) is 52.0. The van der Waals surface area contributed by atoms with Gasteiger partial charge in [-0.15, -0.1) is 0 Å². The Bertz CT molecular complexity index is 615. The normalized spacial score (nSPS) is 42.5. The van der Waals surface area contributed by atoms with Gasteiger partial charge in [-0.3, -0.25) is 19.2 Å². The van der Waals surface area contributed by atoms with Crippen molar-refractivity contribution in [2.24, 2.45) is 0 Å². The minimum Gasteiger partial charge on any atom is -0.394 e. The van der Waals surface area contributed by atoms with Gasteiger partial charge in [-0.05, 0) is 20.8 Å². The number of ether oxygens (including phenoxy) is 1. The fourth-order valence-electron chi connectivity index (χ4n) is 3.14. The summed E-state index contributed by atoms with van der Waals surface area (Å²) in [5.74, 6) is -9.25. The first-order chi connectivity index (χ1) is 10.7.